The first-order valence-corrected chi connectivity index (χ1v) is 6.57. The normalized spacial score (nSPS) is 15.6. The van der Waals surface area contributed by atoms with Crippen molar-refractivity contribution in [1.82, 2.24) is 25.0 Å². The van der Waals surface area contributed by atoms with Gasteiger partial charge in [0, 0.05) is 32.1 Å². The molecule has 8 heteroatoms. The monoisotopic (exact) mass is 281 g/mol. The van der Waals surface area contributed by atoms with Crippen LogP contribution in [0.15, 0.2) is 0 Å². The summed E-state index contributed by atoms with van der Waals surface area (Å²) < 4.78 is 4.65. The average molecular weight is 281 g/mol. The van der Waals surface area contributed by atoms with E-state index in [2.05, 4.69) is 19.9 Å². The Labute approximate surface area is 117 Å². The molecular weight excluding hydrogens is 262 g/mol. The summed E-state index contributed by atoms with van der Waals surface area (Å²) in [6.45, 7) is 5.78. The van der Waals surface area contributed by atoms with Crippen molar-refractivity contribution in [3.63, 3.8) is 0 Å². The number of piperazine rings is 1. The van der Waals surface area contributed by atoms with E-state index in [4.69, 9.17) is 0 Å². The Morgan fingerprint density at radius 2 is 1.80 bits per heavy atom. The summed E-state index contributed by atoms with van der Waals surface area (Å²) in [5, 5.41) is 6.72. The van der Waals surface area contributed by atoms with Crippen LogP contribution in [0.1, 0.15) is 36.2 Å². The van der Waals surface area contributed by atoms with Crippen molar-refractivity contribution in [2.45, 2.75) is 19.8 Å². The number of ether oxygens (including phenoxy) is 1. The third-order valence-corrected chi connectivity index (χ3v) is 3.24. The van der Waals surface area contributed by atoms with Crippen LogP contribution in [0.3, 0.4) is 0 Å². The summed E-state index contributed by atoms with van der Waals surface area (Å²) in [5.41, 5.74) is 0. The zero-order valence-electron chi connectivity index (χ0n) is 11.9. The Bertz CT molecular complexity index is 491. The summed E-state index contributed by atoms with van der Waals surface area (Å²) in [5.74, 6) is 0.861. The number of amides is 2. The van der Waals surface area contributed by atoms with Crippen LogP contribution >= 0.6 is 0 Å². The molecule has 0 spiro atoms. The van der Waals surface area contributed by atoms with E-state index in [1.165, 1.54) is 7.11 Å². The lowest BCUT2D eigenvalue weighted by Crippen LogP contribution is -2.50. The largest absolute Gasteiger partial charge is 0.453 e. The molecule has 2 amide bonds. The van der Waals surface area contributed by atoms with Gasteiger partial charge in [0.05, 0.1) is 7.11 Å². The Kier molecular flexibility index (Phi) is 4.21. The summed E-state index contributed by atoms with van der Waals surface area (Å²) in [7, 11) is 1.35. The number of aromatic amines is 1. The minimum atomic E-state index is -0.364. The zero-order valence-corrected chi connectivity index (χ0v) is 11.9. The van der Waals surface area contributed by atoms with Gasteiger partial charge in [0.15, 0.2) is 0 Å². The first-order valence-electron chi connectivity index (χ1n) is 6.57. The van der Waals surface area contributed by atoms with Gasteiger partial charge in [-0.2, -0.15) is 0 Å². The first-order chi connectivity index (χ1) is 9.52. The molecular formula is C12H19N5O3. The lowest BCUT2D eigenvalue weighted by Gasteiger charge is -2.33. The van der Waals surface area contributed by atoms with Crippen LogP contribution in [-0.4, -0.2) is 70.3 Å². The van der Waals surface area contributed by atoms with Gasteiger partial charge >= 0.3 is 6.09 Å². The maximum Gasteiger partial charge on any atom is 0.409 e. The lowest BCUT2D eigenvalue weighted by atomic mass is 10.2. The van der Waals surface area contributed by atoms with Crippen LogP contribution in [0.25, 0.3) is 0 Å². The van der Waals surface area contributed by atoms with Gasteiger partial charge in [-0.05, 0) is 0 Å². The molecule has 1 aliphatic heterocycles. The van der Waals surface area contributed by atoms with E-state index in [1.807, 2.05) is 13.8 Å². The van der Waals surface area contributed by atoms with Crippen molar-refractivity contribution >= 4 is 12.0 Å². The van der Waals surface area contributed by atoms with Gasteiger partial charge in [0.2, 0.25) is 5.82 Å². The number of hydrogen-bond acceptors (Lipinski definition) is 5. The predicted octanol–water partition coefficient (Wildman–Crippen LogP) is 0.452. The third-order valence-electron chi connectivity index (χ3n) is 3.24. The molecule has 1 aromatic rings. The van der Waals surface area contributed by atoms with Gasteiger partial charge in [-0.1, -0.05) is 13.8 Å². The molecule has 0 aliphatic carbocycles. The number of hydrogen-bond donors (Lipinski definition) is 1. The topological polar surface area (TPSA) is 91.4 Å². The van der Waals surface area contributed by atoms with Crippen molar-refractivity contribution in [2.75, 3.05) is 33.3 Å². The minimum Gasteiger partial charge on any atom is -0.453 e. The molecule has 2 heterocycles. The molecule has 0 unspecified atom stereocenters. The average Bonchev–Trinajstić information content (AvgIpc) is 2.96. The molecule has 110 valence electrons. The van der Waals surface area contributed by atoms with Crippen molar-refractivity contribution in [1.29, 1.82) is 0 Å². The van der Waals surface area contributed by atoms with E-state index in [-0.39, 0.29) is 23.7 Å². The number of carbonyl (C=O) groups excluding carboxylic acids is 2. The third kappa shape index (κ3) is 2.89. The van der Waals surface area contributed by atoms with E-state index in [1.54, 1.807) is 9.80 Å². The Morgan fingerprint density at radius 3 is 2.30 bits per heavy atom. The molecule has 0 bridgehead atoms. The van der Waals surface area contributed by atoms with Crippen molar-refractivity contribution in [2.24, 2.45) is 0 Å². The number of H-pyrrole nitrogens is 1. The number of nitrogens with zero attached hydrogens (tertiary/aromatic N) is 4. The van der Waals surface area contributed by atoms with E-state index < -0.39 is 0 Å². The molecule has 0 saturated carbocycles. The van der Waals surface area contributed by atoms with Crippen LogP contribution in [0.5, 0.6) is 0 Å². The molecule has 1 saturated heterocycles. The second kappa shape index (κ2) is 5.89. The molecule has 1 aromatic heterocycles. The van der Waals surface area contributed by atoms with Gasteiger partial charge in [0.1, 0.15) is 5.82 Å². The van der Waals surface area contributed by atoms with Crippen molar-refractivity contribution < 1.29 is 14.3 Å². The highest BCUT2D eigenvalue weighted by Gasteiger charge is 2.27. The number of carbonyl (C=O) groups is 2. The summed E-state index contributed by atoms with van der Waals surface area (Å²) >= 11 is 0. The fraction of sp³-hybridized carbons (Fsp3) is 0.667. The molecule has 0 atom stereocenters. The van der Waals surface area contributed by atoms with Crippen LogP contribution in [0.4, 0.5) is 4.79 Å². The van der Waals surface area contributed by atoms with Gasteiger partial charge in [0.25, 0.3) is 5.91 Å². The standard InChI is InChI=1S/C12H19N5O3/c1-8(2)9-13-10(15-14-9)11(18)16-4-6-17(7-5-16)12(19)20-3/h8H,4-7H2,1-3H3,(H,13,14,15). The fourth-order valence-electron chi connectivity index (χ4n) is 1.99. The molecule has 0 aromatic carbocycles. The van der Waals surface area contributed by atoms with E-state index in [0.717, 1.165) is 0 Å². The minimum absolute atomic E-state index is 0.181. The highest BCUT2D eigenvalue weighted by molar-refractivity contribution is 5.90. The van der Waals surface area contributed by atoms with Crippen LogP contribution in [0.2, 0.25) is 0 Å². The smallest absolute Gasteiger partial charge is 0.409 e. The molecule has 2 rings (SSSR count). The quantitative estimate of drug-likeness (QED) is 0.850. The second-order valence-electron chi connectivity index (χ2n) is 4.95. The van der Waals surface area contributed by atoms with Gasteiger partial charge < -0.3 is 14.5 Å². The van der Waals surface area contributed by atoms with Crippen molar-refractivity contribution in [3.05, 3.63) is 11.6 Å². The maximum atomic E-state index is 12.2. The van der Waals surface area contributed by atoms with Crippen molar-refractivity contribution in [3.8, 4) is 0 Å². The first kappa shape index (κ1) is 14.3. The number of aromatic nitrogens is 3. The van der Waals surface area contributed by atoms with Crippen LogP contribution in [0, 0.1) is 0 Å². The second-order valence-corrected chi connectivity index (χ2v) is 4.95. The Balaban J connectivity index is 1.96. The summed E-state index contributed by atoms with van der Waals surface area (Å²) in [4.78, 5) is 31.0. The highest BCUT2D eigenvalue weighted by Crippen LogP contribution is 2.10. The molecule has 20 heavy (non-hydrogen) atoms. The maximum absolute atomic E-state index is 12.2. The molecule has 0 radical (unpaired) electrons. The Morgan fingerprint density at radius 1 is 1.20 bits per heavy atom. The number of rotatable bonds is 2. The molecule has 1 aliphatic rings. The van der Waals surface area contributed by atoms with Gasteiger partial charge in [-0.3, -0.25) is 9.89 Å². The number of nitrogens with one attached hydrogen (secondary N) is 1. The zero-order chi connectivity index (χ0) is 14.7. The van der Waals surface area contributed by atoms with Gasteiger partial charge in [-0.15, -0.1) is 5.10 Å². The highest BCUT2D eigenvalue weighted by atomic mass is 16.5. The number of methoxy groups -OCH3 is 1. The van der Waals surface area contributed by atoms with E-state index >= 15 is 0 Å². The lowest BCUT2D eigenvalue weighted by molar-refractivity contribution is 0.0589. The summed E-state index contributed by atoms with van der Waals surface area (Å²) in [6.07, 6.45) is -0.364. The van der Waals surface area contributed by atoms with Gasteiger partial charge in [-0.25, -0.2) is 9.78 Å². The fourth-order valence-corrected chi connectivity index (χ4v) is 1.99. The molecule has 8 nitrogen and oxygen atoms in total. The Hall–Kier alpha value is -2.12. The van der Waals surface area contributed by atoms with E-state index in [9.17, 15) is 9.59 Å². The van der Waals surface area contributed by atoms with Crippen LogP contribution in [-0.2, 0) is 4.74 Å². The van der Waals surface area contributed by atoms with Crippen LogP contribution < -0.4 is 0 Å². The molecule has 1 fully saturated rings. The predicted molar refractivity (Wildman–Crippen MR) is 70.4 cm³/mol. The molecule has 1 N–H and O–H groups in total. The summed E-state index contributed by atoms with van der Waals surface area (Å²) in [6, 6.07) is 0. The SMILES string of the molecule is COC(=O)N1CCN(C(=O)c2n[nH]c(C(C)C)n2)CC1. The van der Waals surface area contributed by atoms with E-state index in [0.29, 0.717) is 32.0 Å².